The number of carboxylic acid groups (broad SMARTS) is 1. The van der Waals surface area contributed by atoms with E-state index in [1.165, 1.54) is 17.8 Å². The smallest absolute Gasteiger partial charge is 0.306 e. The molecule has 8 heteroatoms. The van der Waals surface area contributed by atoms with Gasteiger partial charge in [0.15, 0.2) is 0 Å². The first-order valence-electron chi connectivity index (χ1n) is 8.62. The van der Waals surface area contributed by atoms with E-state index in [-0.39, 0.29) is 30.1 Å². The summed E-state index contributed by atoms with van der Waals surface area (Å²) in [4.78, 5) is 35.6. The van der Waals surface area contributed by atoms with Crippen LogP contribution in [0.2, 0.25) is 0 Å². The average molecular weight is 380 g/mol. The van der Waals surface area contributed by atoms with E-state index in [0.717, 1.165) is 0 Å². The quantitative estimate of drug-likeness (QED) is 0.717. The van der Waals surface area contributed by atoms with Gasteiger partial charge in [-0.15, -0.1) is 11.8 Å². The maximum atomic E-state index is 13.7. The number of hydrogen-bond donors (Lipinski definition) is 3. The van der Waals surface area contributed by atoms with Gasteiger partial charge in [0.05, 0.1) is 11.2 Å². The number of thioether (sulfide) groups is 1. The minimum absolute atomic E-state index is 0.165. The van der Waals surface area contributed by atoms with Crippen molar-refractivity contribution in [1.29, 1.82) is 0 Å². The molecule has 1 heterocycles. The lowest BCUT2D eigenvalue weighted by Crippen LogP contribution is -2.55. The van der Waals surface area contributed by atoms with Crippen LogP contribution in [0.4, 0.5) is 4.39 Å². The number of carboxylic acids is 1. The molecule has 2 amide bonds. The van der Waals surface area contributed by atoms with Gasteiger partial charge >= 0.3 is 5.97 Å². The first-order chi connectivity index (χ1) is 12.4. The van der Waals surface area contributed by atoms with Crippen LogP contribution >= 0.6 is 11.8 Å². The molecule has 1 aliphatic heterocycles. The molecule has 1 aromatic rings. The Balaban J connectivity index is 1.50. The summed E-state index contributed by atoms with van der Waals surface area (Å²) >= 11 is 1.34. The van der Waals surface area contributed by atoms with E-state index in [9.17, 15) is 18.8 Å². The number of amides is 2. The van der Waals surface area contributed by atoms with Crippen molar-refractivity contribution < 1.29 is 23.9 Å². The van der Waals surface area contributed by atoms with Gasteiger partial charge < -0.3 is 15.7 Å². The zero-order valence-corrected chi connectivity index (χ0v) is 14.9. The number of benzene rings is 1. The summed E-state index contributed by atoms with van der Waals surface area (Å²) in [5.74, 6) is -1.74. The second-order valence-electron chi connectivity index (χ2n) is 6.73. The predicted molar refractivity (Wildman–Crippen MR) is 95.2 cm³/mol. The Morgan fingerprint density at radius 1 is 1.31 bits per heavy atom. The van der Waals surface area contributed by atoms with Crippen molar-refractivity contribution >= 4 is 29.5 Å². The fourth-order valence-electron chi connectivity index (χ4n) is 3.39. The molecule has 1 saturated heterocycles. The number of rotatable bonds is 5. The Kier molecular flexibility index (Phi) is 5.80. The first kappa shape index (κ1) is 18.7. The summed E-state index contributed by atoms with van der Waals surface area (Å²) in [6.07, 6.45) is 1.88. The maximum absolute atomic E-state index is 13.7. The van der Waals surface area contributed by atoms with Crippen LogP contribution in [-0.4, -0.2) is 46.0 Å². The number of halogens is 1. The van der Waals surface area contributed by atoms with Crippen LogP contribution in [0.25, 0.3) is 0 Å². The van der Waals surface area contributed by atoms with Crippen molar-refractivity contribution in [3.8, 4) is 0 Å². The Labute approximate surface area is 154 Å². The molecular formula is C18H21FN2O4S. The van der Waals surface area contributed by atoms with Crippen LogP contribution in [0.3, 0.4) is 0 Å². The van der Waals surface area contributed by atoms with E-state index >= 15 is 0 Å². The highest BCUT2D eigenvalue weighted by molar-refractivity contribution is 8.00. The average Bonchev–Trinajstić information content (AvgIpc) is 3.07. The van der Waals surface area contributed by atoms with Crippen LogP contribution in [0, 0.1) is 11.7 Å². The minimum atomic E-state index is -0.834. The Morgan fingerprint density at radius 3 is 2.73 bits per heavy atom. The Bertz CT molecular complexity index is 714. The molecule has 0 spiro atoms. The number of nitrogens with one attached hydrogen (secondary N) is 2. The number of carbonyl (C=O) groups excluding carboxylic acids is 2. The molecular weight excluding hydrogens is 359 g/mol. The molecule has 1 aliphatic carbocycles. The van der Waals surface area contributed by atoms with E-state index in [1.54, 1.807) is 18.2 Å². The monoisotopic (exact) mass is 380 g/mol. The molecule has 3 rings (SSSR count). The topological polar surface area (TPSA) is 95.5 Å². The second kappa shape index (κ2) is 8.07. The van der Waals surface area contributed by atoms with Crippen molar-refractivity contribution in [1.82, 2.24) is 10.6 Å². The normalized spacial score (nSPS) is 28.4. The van der Waals surface area contributed by atoms with Gasteiger partial charge in [0.2, 0.25) is 11.8 Å². The highest BCUT2D eigenvalue weighted by Gasteiger charge is 2.35. The highest BCUT2D eigenvalue weighted by Crippen LogP contribution is 2.27. The molecule has 4 atom stereocenters. The fourth-order valence-corrected chi connectivity index (χ4v) is 4.57. The van der Waals surface area contributed by atoms with Crippen LogP contribution in [-0.2, 0) is 20.8 Å². The molecule has 0 bridgehead atoms. The lowest BCUT2D eigenvalue weighted by atomic mass is 10.1. The standard InChI is InChI=1S/C18H21FN2O4S/c19-13-4-2-1-3-10(13)8-15-17(23)21-14(9-26-15)16(22)20-12-6-5-11(7-12)18(24)25/h1-4,11-12,14-15H,5-9H2,(H,20,22)(H,21,23)(H,24,25)/t11-,12+,14?,15?/m1/s1. The van der Waals surface area contributed by atoms with Crippen LogP contribution in [0.15, 0.2) is 24.3 Å². The molecule has 1 aromatic carbocycles. The van der Waals surface area contributed by atoms with E-state index in [0.29, 0.717) is 30.6 Å². The fraction of sp³-hybridized carbons (Fsp3) is 0.500. The summed E-state index contributed by atoms with van der Waals surface area (Å²) < 4.78 is 13.7. The van der Waals surface area contributed by atoms with Gasteiger partial charge in [0.1, 0.15) is 11.9 Å². The third-order valence-corrected chi connectivity index (χ3v) is 6.19. The molecule has 140 valence electrons. The molecule has 2 unspecified atom stereocenters. The molecule has 0 radical (unpaired) electrons. The zero-order chi connectivity index (χ0) is 18.7. The molecule has 26 heavy (non-hydrogen) atoms. The highest BCUT2D eigenvalue weighted by atomic mass is 32.2. The van der Waals surface area contributed by atoms with Crippen LogP contribution < -0.4 is 10.6 Å². The van der Waals surface area contributed by atoms with Crippen molar-refractivity contribution in [3.05, 3.63) is 35.6 Å². The number of hydrogen-bond acceptors (Lipinski definition) is 4. The van der Waals surface area contributed by atoms with Gasteiger partial charge in [-0.2, -0.15) is 0 Å². The predicted octanol–water partition coefficient (Wildman–Crippen LogP) is 1.34. The zero-order valence-electron chi connectivity index (χ0n) is 14.1. The van der Waals surface area contributed by atoms with Gasteiger partial charge in [-0.25, -0.2) is 4.39 Å². The van der Waals surface area contributed by atoms with Gasteiger partial charge in [-0.1, -0.05) is 18.2 Å². The first-order valence-corrected chi connectivity index (χ1v) is 9.67. The van der Waals surface area contributed by atoms with E-state index < -0.39 is 23.2 Å². The number of aliphatic carboxylic acids is 1. The maximum Gasteiger partial charge on any atom is 0.306 e. The molecule has 3 N–H and O–H groups in total. The van der Waals surface area contributed by atoms with E-state index in [2.05, 4.69) is 10.6 Å². The third kappa shape index (κ3) is 4.35. The van der Waals surface area contributed by atoms with Gasteiger partial charge in [-0.3, -0.25) is 14.4 Å². The summed E-state index contributed by atoms with van der Waals surface area (Å²) in [6.45, 7) is 0. The number of carbonyl (C=O) groups is 3. The molecule has 2 aliphatic rings. The largest absolute Gasteiger partial charge is 0.481 e. The van der Waals surface area contributed by atoms with Gasteiger partial charge in [-0.05, 0) is 37.3 Å². The third-order valence-electron chi connectivity index (χ3n) is 4.88. The van der Waals surface area contributed by atoms with Crippen molar-refractivity contribution in [2.45, 2.75) is 43.0 Å². The summed E-state index contributed by atoms with van der Waals surface area (Å²) in [5, 5.41) is 14.1. The Morgan fingerprint density at radius 2 is 2.08 bits per heavy atom. The van der Waals surface area contributed by atoms with Crippen molar-refractivity contribution in [3.63, 3.8) is 0 Å². The van der Waals surface area contributed by atoms with Crippen molar-refractivity contribution in [2.24, 2.45) is 5.92 Å². The molecule has 1 saturated carbocycles. The van der Waals surface area contributed by atoms with Gasteiger partial charge in [0.25, 0.3) is 0 Å². The SMILES string of the molecule is O=C(N[C@H]1CC[C@@H](C(=O)O)C1)C1CSC(Cc2ccccc2F)C(=O)N1. The van der Waals surface area contributed by atoms with E-state index in [4.69, 9.17) is 5.11 Å². The minimum Gasteiger partial charge on any atom is -0.481 e. The van der Waals surface area contributed by atoms with Crippen LogP contribution in [0.1, 0.15) is 24.8 Å². The lowest BCUT2D eigenvalue weighted by Gasteiger charge is -2.29. The van der Waals surface area contributed by atoms with Crippen LogP contribution in [0.5, 0.6) is 0 Å². The molecule has 6 nitrogen and oxygen atoms in total. The molecule has 0 aromatic heterocycles. The summed E-state index contributed by atoms with van der Waals surface area (Å²) in [6, 6.07) is 5.54. The molecule has 2 fully saturated rings. The van der Waals surface area contributed by atoms with E-state index in [1.807, 2.05) is 0 Å². The summed E-state index contributed by atoms with van der Waals surface area (Å²) in [7, 11) is 0. The Hall–Kier alpha value is -2.09. The lowest BCUT2D eigenvalue weighted by molar-refractivity contribution is -0.141. The second-order valence-corrected chi connectivity index (χ2v) is 7.97. The summed E-state index contributed by atoms with van der Waals surface area (Å²) in [5.41, 5.74) is 0.480. The van der Waals surface area contributed by atoms with Crippen molar-refractivity contribution in [2.75, 3.05) is 5.75 Å². The van der Waals surface area contributed by atoms with Gasteiger partial charge in [0, 0.05) is 11.8 Å².